The fourth-order valence-corrected chi connectivity index (χ4v) is 5.23. The zero-order valence-electron chi connectivity index (χ0n) is 31.5. The number of carboxylic acid groups (broad SMARTS) is 2. The molecule has 0 radical (unpaired) electrons. The lowest BCUT2D eigenvalue weighted by Crippen LogP contribution is -2.62. The van der Waals surface area contributed by atoms with Crippen LogP contribution in [0.2, 0.25) is 0 Å². The number of carboxylic acids is 2. The second-order valence-electron chi connectivity index (χ2n) is 13.2. The van der Waals surface area contributed by atoms with E-state index in [1.807, 2.05) is 5.32 Å². The van der Waals surface area contributed by atoms with Crippen LogP contribution in [0.1, 0.15) is 44.9 Å². The van der Waals surface area contributed by atoms with Gasteiger partial charge in [-0.2, -0.15) is 0 Å². The molecular weight excluding hydrogens is 754 g/mol. The molecule has 14 N–H and O–H groups in total. The second kappa shape index (κ2) is 23.2. The van der Waals surface area contributed by atoms with Gasteiger partial charge >= 0.3 is 11.9 Å². The first kappa shape index (κ1) is 47.2. The van der Waals surface area contributed by atoms with Crippen molar-refractivity contribution in [1.29, 1.82) is 0 Å². The molecule has 0 aliphatic rings. The zero-order chi connectivity index (χ0) is 42.8. The van der Waals surface area contributed by atoms with Gasteiger partial charge in [-0.15, -0.1) is 0 Å². The van der Waals surface area contributed by atoms with Gasteiger partial charge in [-0.25, -0.2) is 9.78 Å². The number of aromatic nitrogens is 2. The van der Waals surface area contributed by atoms with E-state index in [1.54, 1.807) is 44.2 Å². The molecule has 0 saturated heterocycles. The van der Waals surface area contributed by atoms with Crippen LogP contribution in [0.4, 0.5) is 0 Å². The lowest BCUT2D eigenvalue weighted by atomic mass is 9.96. The number of hydrogen-bond donors (Lipinski definition) is 13. The van der Waals surface area contributed by atoms with Gasteiger partial charge < -0.3 is 68.2 Å². The Labute approximate surface area is 326 Å². The number of amides is 6. The van der Waals surface area contributed by atoms with Crippen LogP contribution in [0.15, 0.2) is 42.9 Å². The first-order valence-electron chi connectivity index (χ1n) is 17.9. The Kier molecular flexibility index (Phi) is 19.2. The van der Waals surface area contributed by atoms with Crippen LogP contribution in [-0.4, -0.2) is 144 Å². The Morgan fingerprint density at radius 2 is 1.23 bits per heavy atom. The molecule has 2 aromatic rings. The number of aliphatic hydroxyl groups is 3. The first-order chi connectivity index (χ1) is 26.9. The van der Waals surface area contributed by atoms with Crippen LogP contribution in [0.3, 0.4) is 0 Å². The molecule has 0 bridgehead atoms. The van der Waals surface area contributed by atoms with Crippen molar-refractivity contribution >= 4 is 47.4 Å². The van der Waals surface area contributed by atoms with E-state index >= 15 is 0 Å². The molecule has 0 aliphatic carbocycles. The number of benzene rings is 1. The highest BCUT2D eigenvalue weighted by Crippen LogP contribution is 2.12. The highest BCUT2D eigenvalue weighted by Gasteiger charge is 2.36. The van der Waals surface area contributed by atoms with Crippen molar-refractivity contribution in [1.82, 2.24) is 41.9 Å². The SMILES string of the molecule is CC[C@H](C)[C@H](NC(=O)[C@H](Cc1ccccc1)NC(=O)[C@H](Cc1cnc[nH]1)NC(=O)[C@H](CO)NC(=O)[C@@H](N)CO)C(=O)N[C@@H](CC(=O)O)C(=O)N[C@H](C(=O)O)[C@@H](C)O. The molecule has 9 atom stereocenters. The fourth-order valence-electron chi connectivity index (χ4n) is 5.23. The number of imidazole rings is 1. The zero-order valence-corrected chi connectivity index (χ0v) is 31.5. The number of nitrogens with two attached hydrogens (primary N) is 1. The van der Waals surface area contributed by atoms with Crippen LogP contribution in [0.5, 0.6) is 0 Å². The molecule has 0 spiro atoms. The van der Waals surface area contributed by atoms with Crippen molar-refractivity contribution in [2.75, 3.05) is 13.2 Å². The summed E-state index contributed by atoms with van der Waals surface area (Å²) in [6, 6.07) is -2.62. The number of hydrogen-bond acceptors (Lipinski definition) is 13. The molecular formula is C35H51N9O13. The van der Waals surface area contributed by atoms with Crippen LogP contribution in [0.25, 0.3) is 0 Å². The third-order valence-corrected chi connectivity index (χ3v) is 8.73. The predicted octanol–water partition coefficient (Wildman–Crippen LogP) is -4.60. The highest BCUT2D eigenvalue weighted by molar-refractivity contribution is 5.98. The summed E-state index contributed by atoms with van der Waals surface area (Å²) in [6.07, 6.45) is 0.0113. The van der Waals surface area contributed by atoms with Crippen molar-refractivity contribution in [3.8, 4) is 0 Å². The lowest BCUT2D eigenvalue weighted by Gasteiger charge is -2.29. The molecule has 314 valence electrons. The summed E-state index contributed by atoms with van der Waals surface area (Å²) in [5.41, 5.74) is 6.42. The lowest BCUT2D eigenvalue weighted by molar-refractivity contribution is -0.146. The number of nitrogens with one attached hydrogen (secondary N) is 7. The van der Waals surface area contributed by atoms with Gasteiger partial charge in [0, 0.05) is 24.7 Å². The number of carbonyl (C=O) groups is 8. The van der Waals surface area contributed by atoms with Crippen molar-refractivity contribution in [3.63, 3.8) is 0 Å². The van der Waals surface area contributed by atoms with Gasteiger partial charge in [-0.1, -0.05) is 50.6 Å². The van der Waals surface area contributed by atoms with E-state index in [0.29, 0.717) is 11.3 Å². The Balaban J connectivity index is 2.43. The summed E-state index contributed by atoms with van der Waals surface area (Å²) in [7, 11) is 0. The largest absolute Gasteiger partial charge is 0.481 e. The van der Waals surface area contributed by atoms with E-state index < -0.39 is 121 Å². The Morgan fingerprint density at radius 3 is 1.74 bits per heavy atom. The Hall–Kier alpha value is -5.97. The molecule has 1 heterocycles. The normalized spacial score (nSPS) is 15.8. The summed E-state index contributed by atoms with van der Waals surface area (Å²) in [5.74, 6) is -9.86. The average Bonchev–Trinajstić information content (AvgIpc) is 3.69. The van der Waals surface area contributed by atoms with Crippen LogP contribution < -0.4 is 37.6 Å². The molecule has 6 amide bonds. The van der Waals surface area contributed by atoms with Gasteiger partial charge in [0.1, 0.15) is 36.3 Å². The van der Waals surface area contributed by atoms with Gasteiger partial charge in [0.25, 0.3) is 0 Å². The molecule has 0 saturated carbocycles. The minimum Gasteiger partial charge on any atom is -0.481 e. The number of nitrogens with zero attached hydrogens (tertiary/aromatic N) is 1. The van der Waals surface area contributed by atoms with Gasteiger partial charge in [0.05, 0.1) is 32.1 Å². The summed E-state index contributed by atoms with van der Waals surface area (Å²) in [6.45, 7) is 2.68. The Morgan fingerprint density at radius 1 is 0.702 bits per heavy atom. The molecule has 0 unspecified atom stereocenters. The maximum atomic E-state index is 14.1. The second-order valence-corrected chi connectivity index (χ2v) is 13.2. The fraction of sp³-hybridized carbons (Fsp3) is 0.514. The van der Waals surface area contributed by atoms with E-state index in [2.05, 4.69) is 36.6 Å². The molecule has 0 aliphatic heterocycles. The van der Waals surface area contributed by atoms with Crippen LogP contribution in [0, 0.1) is 5.92 Å². The van der Waals surface area contributed by atoms with Gasteiger partial charge in [-0.3, -0.25) is 33.6 Å². The summed E-state index contributed by atoms with van der Waals surface area (Å²) >= 11 is 0. The third kappa shape index (κ3) is 15.2. The van der Waals surface area contributed by atoms with Gasteiger partial charge in [0.15, 0.2) is 6.04 Å². The standard InChI is InChI=1S/C35H51N9O13/c1-4-17(2)27(34(55)41-24(12-26(48)49)32(53)44-28(18(3)47)35(56)57)43-31(52)22(10-19-8-6-5-7-9-19)39-30(51)23(11-20-13-37-16-38-20)40-33(54)25(15-46)42-29(50)21(36)14-45/h5-9,13,16-18,21-25,27-28,45-47H,4,10-12,14-15,36H2,1-3H3,(H,37,38)(H,39,51)(H,40,54)(H,41,55)(H,42,50)(H,43,52)(H,44,53)(H,48,49)(H,56,57)/t17-,18+,21-,22-,23-,24-,25-,27-,28-/m0/s1. The number of aliphatic hydroxyl groups excluding tert-OH is 3. The van der Waals surface area contributed by atoms with Gasteiger partial charge in [0.2, 0.25) is 35.4 Å². The predicted molar refractivity (Wildman–Crippen MR) is 197 cm³/mol. The van der Waals surface area contributed by atoms with E-state index in [1.165, 1.54) is 12.5 Å². The average molecular weight is 806 g/mol. The highest BCUT2D eigenvalue weighted by atomic mass is 16.4. The monoisotopic (exact) mass is 805 g/mol. The topological polar surface area (TPSA) is 365 Å². The van der Waals surface area contributed by atoms with E-state index in [9.17, 15) is 63.9 Å². The number of aliphatic carboxylic acids is 2. The van der Waals surface area contributed by atoms with Crippen molar-refractivity contribution in [2.45, 2.75) is 94.9 Å². The quantitative estimate of drug-likeness (QED) is 0.0475. The molecule has 22 nitrogen and oxygen atoms in total. The van der Waals surface area contributed by atoms with E-state index in [0.717, 1.165) is 6.92 Å². The molecule has 1 aromatic heterocycles. The van der Waals surface area contributed by atoms with Crippen LogP contribution in [-0.2, 0) is 51.2 Å². The molecule has 57 heavy (non-hydrogen) atoms. The van der Waals surface area contributed by atoms with Crippen LogP contribution >= 0.6 is 0 Å². The molecule has 22 heteroatoms. The van der Waals surface area contributed by atoms with E-state index in [-0.39, 0.29) is 19.3 Å². The van der Waals surface area contributed by atoms with Crippen molar-refractivity contribution in [3.05, 3.63) is 54.1 Å². The first-order valence-corrected chi connectivity index (χ1v) is 17.9. The minimum absolute atomic E-state index is 0.147. The minimum atomic E-state index is -1.84. The molecule has 1 aromatic carbocycles. The molecule has 0 fully saturated rings. The smallest absolute Gasteiger partial charge is 0.328 e. The van der Waals surface area contributed by atoms with E-state index in [4.69, 9.17) is 5.73 Å². The number of H-pyrrole nitrogens is 1. The Bertz CT molecular complexity index is 1680. The number of aromatic amines is 1. The summed E-state index contributed by atoms with van der Waals surface area (Å²) < 4.78 is 0. The summed E-state index contributed by atoms with van der Waals surface area (Å²) in [4.78, 5) is 110. The summed E-state index contributed by atoms with van der Waals surface area (Å²) in [5, 5.41) is 61.6. The van der Waals surface area contributed by atoms with Crippen molar-refractivity contribution in [2.24, 2.45) is 11.7 Å². The number of rotatable bonds is 24. The maximum Gasteiger partial charge on any atom is 0.328 e. The van der Waals surface area contributed by atoms with Gasteiger partial charge in [-0.05, 0) is 18.4 Å². The number of carbonyl (C=O) groups excluding carboxylic acids is 6. The molecule has 2 rings (SSSR count). The third-order valence-electron chi connectivity index (χ3n) is 8.73. The maximum absolute atomic E-state index is 14.1. The van der Waals surface area contributed by atoms with Crippen molar-refractivity contribution < 1.29 is 63.9 Å².